The molecule has 0 radical (unpaired) electrons. The fourth-order valence-electron chi connectivity index (χ4n) is 1.71. The molecule has 1 aromatic rings. The molecule has 1 nitrogen and oxygen atoms in total. The van der Waals surface area contributed by atoms with E-state index in [0.717, 1.165) is 12.5 Å². The maximum atomic E-state index is 3.64. The Morgan fingerprint density at radius 3 is 2.62 bits per heavy atom. The van der Waals surface area contributed by atoms with E-state index in [-0.39, 0.29) is 0 Å². The summed E-state index contributed by atoms with van der Waals surface area (Å²) in [4.78, 5) is 0. The SMILES string of the molecule is CCCNC(CCC(C)C)c1csc(Br)c1. The molecule has 16 heavy (non-hydrogen) atoms. The van der Waals surface area contributed by atoms with Gasteiger partial charge in [-0.1, -0.05) is 20.8 Å². The molecule has 0 bridgehead atoms. The van der Waals surface area contributed by atoms with Crippen LogP contribution in [0.2, 0.25) is 0 Å². The van der Waals surface area contributed by atoms with Gasteiger partial charge >= 0.3 is 0 Å². The van der Waals surface area contributed by atoms with Gasteiger partial charge in [-0.05, 0) is 64.7 Å². The van der Waals surface area contributed by atoms with E-state index < -0.39 is 0 Å². The molecule has 3 heteroatoms. The Morgan fingerprint density at radius 1 is 1.38 bits per heavy atom. The number of halogens is 1. The van der Waals surface area contributed by atoms with Crippen molar-refractivity contribution in [1.29, 1.82) is 0 Å². The van der Waals surface area contributed by atoms with E-state index in [9.17, 15) is 0 Å². The zero-order valence-electron chi connectivity index (χ0n) is 10.4. The van der Waals surface area contributed by atoms with E-state index in [2.05, 4.69) is 53.5 Å². The standard InChI is InChI=1S/C13H22BrNS/c1-4-7-15-12(6-5-10(2)3)11-8-13(14)16-9-11/h8-10,12,15H,4-7H2,1-3H3. The maximum absolute atomic E-state index is 3.64. The predicted molar refractivity (Wildman–Crippen MR) is 77.1 cm³/mol. The molecule has 0 saturated carbocycles. The summed E-state index contributed by atoms with van der Waals surface area (Å²) in [6.45, 7) is 7.91. The predicted octanol–water partition coefficient (Wildman–Crippen LogP) is 4.99. The molecule has 0 aliphatic rings. The highest BCUT2D eigenvalue weighted by atomic mass is 79.9. The Morgan fingerprint density at radius 2 is 2.12 bits per heavy atom. The summed E-state index contributed by atoms with van der Waals surface area (Å²) in [7, 11) is 0. The highest BCUT2D eigenvalue weighted by Crippen LogP contribution is 2.28. The normalized spacial score (nSPS) is 13.3. The molecular formula is C13H22BrNS. The van der Waals surface area contributed by atoms with E-state index in [4.69, 9.17) is 0 Å². The van der Waals surface area contributed by atoms with Crippen LogP contribution < -0.4 is 5.32 Å². The van der Waals surface area contributed by atoms with Crippen molar-refractivity contribution >= 4 is 27.3 Å². The molecule has 1 rings (SSSR count). The second-order valence-electron chi connectivity index (χ2n) is 4.66. The molecule has 1 heterocycles. The van der Waals surface area contributed by atoms with Gasteiger partial charge in [0.25, 0.3) is 0 Å². The molecule has 0 amide bonds. The molecule has 0 aromatic carbocycles. The Bertz CT molecular complexity index is 296. The van der Waals surface area contributed by atoms with E-state index >= 15 is 0 Å². The lowest BCUT2D eigenvalue weighted by Gasteiger charge is -2.18. The summed E-state index contributed by atoms with van der Waals surface area (Å²) in [5.74, 6) is 0.785. The lowest BCUT2D eigenvalue weighted by molar-refractivity contribution is 0.441. The fraction of sp³-hybridized carbons (Fsp3) is 0.692. The first-order valence-electron chi connectivity index (χ1n) is 6.10. The molecule has 0 fully saturated rings. The van der Waals surface area contributed by atoms with Crippen LogP contribution in [0.15, 0.2) is 15.2 Å². The molecule has 0 spiro atoms. The first-order chi connectivity index (χ1) is 7.63. The third-order valence-corrected chi connectivity index (χ3v) is 4.19. The van der Waals surface area contributed by atoms with E-state index in [0.29, 0.717) is 6.04 Å². The van der Waals surface area contributed by atoms with Crippen LogP contribution in [0.1, 0.15) is 51.6 Å². The monoisotopic (exact) mass is 303 g/mol. The van der Waals surface area contributed by atoms with Gasteiger partial charge in [-0.2, -0.15) is 0 Å². The van der Waals surface area contributed by atoms with Crippen LogP contribution >= 0.6 is 27.3 Å². The first kappa shape index (κ1) is 14.2. The summed E-state index contributed by atoms with van der Waals surface area (Å²) in [5.41, 5.74) is 1.44. The third kappa shape index (κ3) is 4.98. The van der Waals surface area contributed by atoms with Crippen LogP contribution in [0.3, 0.4) is 0 Å². The van der Waals surface area contributed by atoms with Gasteiger partial charge in [-0.3, -0.25) is 0 Å². The minimum absolute atomic E-state index is 0.532. The van der Waals surface area contributed by atoms with Crippen molar-refractivity contribution in [2.45, 2.75) is 46.1 Å². The van der Waals surface area contributed by atoms with Gasteiger partial charge in [-0.25, -0.2) is 0 Å². The van der Waals surface area contributed by atoms with Gasteiger partial charge in [0.15, 0.2) is 0 Å². The van der Waals surface area contributed by atoms with Gasteiger partial charge in [0.1, 0.15) is 0 Å². The highest BCUT2D eigenvalue weighted by Gasteiger charge is 2.12. The van der Waals surface area contributed by atoms with Crippen molar-refractivity contribution < 1.29 is 0 Å². The maximum Gasteiger partial charge on any atom is 0.0701 e. The average molecular weight is 304 g/mol. The van der Waals surface area contributed by atoms with Crippen LogP contribution in [0.5, 0.6) is 0 Å². The molecule has 92 valence electrons. The Labute approximate surface area is 112 Å². The van der Waals surface area contributed by atoms with Crippen LogP contribution in [-0.2, 0) is 0 Å². The third-order valence-electron chi connectivity index (χ3n) is 2.66. The summed E-state index contributed by atoms with van der Waals surface area (Å²) < 4.78 is 1.23. The molecular weight excluding hydrogens is 282 g/mol. The molecule has 1 unspecified atom stereocenters. The van der Waals surface area contributed by atoms with Crippen molar-refractivity contribution in [3.8, 4) is 0 Å². The number of hydrogen-bond acceptors (Lipinski definition) is 2. The van der Waals surface area contributed by atoms with Crippen LogP contribution in [0.25, 0.3) is 0 Å². The van der Waals surface area contributed by atoms with Crippen molar-refractivity contribution in [1.82, 2.24) is 5.32 Å². The van der Waals surface area contributed by atoms with Crippen molar-refractivity contribution in [2.75, 3.05) is 6.54 Å². The smallest absolute Gasteiger partial charge is 0.0701 e. The molecule has 0 aliphatic heterocycles. The number of hydrogen-bond donors (Lipinski definition) is 1. The van der Waals surface area contributed by atoms with Crippen molar-refractivity contribution in [2.24, 2.45) is 5.92 Å². The summed E-state index contributed by atoms with van der Waals surface area (Å²) in [5, 5.41) is 5.90. The van der Waals surface area contributed by atoms with Crippen LogP contribution in [0, 0.1) is 5.92 Å². The number of thiophene rings is 1. The molecule has 0 aliphatic carbocycles. The van der Waals surface area contributed by atoms with Gasteiger partial charge < -0.3 is 5.32 Å². The fourth-order valence-corrected chi connectivity index (χ4v) is 2.94. The minimum Gasteiger partial charge on any atom is -0.310 e. The zero-order chi connectivity index (χ0) is 12.0. The molecule has 0 saturated heterocycles. The molecule has 1 aromatic heterocycles. The van der Waals surface area contributed by atoms with Crippen LogP contribution in [-0.4, -0.2) is 6.54 Å². The van der Waals surface area contributed by atoms with E-state index in [1.54, 1.807) is 11.3 Å². The molecule has 1 N–H and O–H groups in total. The topological polar surface area (TPSA) is 12.0 Å². The average Bonchev–Trinajstić information content (AvgIpc) is 2.64. The highest BCUT2D eigenvalue weighted by molar-refractivity contribution is 9.11. The van der Waals surface area contributed by atoms with Crippen molar-refractivity contribution in [3.05, 3.63) is 20.8 Å². The number of nitrogens with one attached hydrogen (secondary N) is 1. The van der Waals surface area contributed by atoms with E-state index in [1.165, 1.54) is 28.6 Å². The minimum atomic E-state index is 0.532. The Kier molecular flexibility index (Phi) is 6.62. The summed E-state index contributed by atoms with van der Waals surface area (Å²) in [6, 6.07) is 2.78. The number of rotatable bonds is 7. The quantitative estimate of drug-likeness (QED) is 0.748. The zero-order valence-corrected chi connectivity index (χ0v) is 12.8. The molecule has 1 atom stereocenters. The van der Waals surface area contributed by atoms with Crippen LogP contribution in [0.4, 0.5) is 0 Å². The summed E-state index contributed by atoms with van der Waals surface area (Å²) in [6.07, 6.45) is 3.72. The van der Waals surface area contributed by atoms with Gasteiger partial charge in [-0.15, -0.1) is 11.3 Å². The second kappa shape index (κ2) is 7.46. The Balaban J connectivity index is 2.55. The van der Waals surface area contributed by atoms with Gasteiger partial charge in [0.05, 0.1) is 3.79 Å². The van der Waals surface area contributed by atoms with E-state index in [1.807, 2.05) is 0 Å². The van der Waals surface area contributed by atoms with Gasteiger partial charge in [0, 0.05) is 6.04 Å². The largest absolute Gasteiger partial charge is 0.310 e. The second-order valence-corrected chi connectivity index (χ2v) is 6.95. The lowest BCUT2D eigenvalue weighted by atomic mass is 9.99. The summed E-state index contributed by atoms with van der Waals surface area (Å²) >= 11 is 5.32. The lowest BCUT2D eigenvalue weighted by Crippen LogP contribution is -2.22. The first-order valence-corrected chi connectivity index (χ1v) is 7.78. The van der Waals surface area contributed by atoms with Crippen molar-refractivity contribution in [3.63, 3.8) is 0 Å². The van der Waals surface area contributed by atoms with Gasteiger partial charge in [0.2, 0.25) is 0 Å². The Hall–Kier alpha value is 0.140.